The number of nitrogens with zero attached hydrogens (tertiary/aromatic N) is 2. The molecule has 0 radical (unpaired) electrons. The zero-order valence-electron chi connectivity index (χ0n) is 19.3. The Kier molecular flexibility index (Phi) is 7.80. The monoisotopic (exact) mass is 532 g/mol. The first-order valence-corrected chi connectivity index (χ1v) is 11.5. The van der Waals surface area contributed by atoms with Crippen molar-refractivity contribution in [3.05, 3.63) is 62.0 Å². The van der Waals surface area contributed by atoms with Crippen LogP contribution < -0.4 is 10.6 Å². The molecule has 0 fully saturated rings. The van der Waals surface area contributed by atoms with Crippen molar-refractivity contribution in [1.82, 2.24) is 9.78 Å². The lowest BCUT2D eigenvalue weighted by molar-refractivity contribution is 0.0601. The number of benzene rings is 1. The van der Waals surface area contributed by atoms with Gasteiger partial charge in [-0.05, 0) is 45.0 Å². The van der Waals surface area contributed by atoms with Crippen molar-refractivity contribution in [3.8, 4) is 0 Å². The molecule has 3 aromatic rings. The zero-order valence-corrected chi connectivity index (χ0v) is 21.0. The largest absolute Gasteiger partial charge is 0.465 e. The Morgan fingerprint density at radius 3 is 2.11 bits per heavy atom. The van der Waals surface area contributed by atoms with E-state index in [4.69, 9.17) is 17.0 Å². The maximum atomic E-state index is 14.1. The summed E-state index contributed by atoms with van der Waals surface area (Å²) in [5, 5.41) is 10.6. The van der Waals surface area contributed by atoms with Crippen molar-refractivity contribution >= 4 is 45.3 Å². The van der Waals surface area contributed by atoms with Crippen LogP contribution in [0.4, 0.5) is 32.6 Å². The molecule has 0 atom stereocenters. The number of carbonyl (C=O) groups is 1. The minimum Gasteiger partial charge on any atom is -0.465 e. The molecule has 35 heavy (non-hydrogen) atoms. The average Bonchev–Trinajstić information content (AvgIpc) is 3.28. The molecule has 0 bridgehead atoms. The number of methoxy groups -OCH3 is 1. The molecule has 1 aromatic carbocycles. The van der Waals surface area contributed by atoms with E-state index in [0.717, 1.165) is 15.1 Å². The van der Waals surface area contributed by atoms with Gasteiger partial charge in [0, 0.05) is 4.88 Å². The van der Waals surface area contributed by atoms with Gasteiger partial charge < -0.3 is 15.4 Å². The maximum Gasteiger partial charge on any atom is 0.341 e. The van der Waals surface area contributed by atoms with Gasteiger partial charge in [-0.3, -0.25) is 4.68 Å². The summed E-state index contributed by atoms with van der Waals surface area (Å²) in [4.78, 5) is 13.2. The van der Waals surface area contributed by atoms with E-state index in [1.54, 1.807) is 13.8 Å². The highest BCUT2D eigenvalue weighted by Gasteiger charge is 2.27. The number of rotatable bonds is 6. The van der Waals surface area contributed by atoms with E-state index in [-0.39, 0.29) is 5.11 Å². The van der Waals surface area contributed by atoms with Gasteiger partial charge in [0.15, 0.2) is 28.4 Å². The van der Waals surface area contributed by atoms with Crippen LogP contribution in [0.2, 0.25) is 0 Å². The quantitative estimate of drug-likeness (QED) is 0.138. The Morgan fingerprint density at radius 2 is 1.57 bits per heavy atom. The van der Waals surface area contributed by atoms with E-state index in [1.165, 1.54) is 18.4 Å². The van der Waals surface area contributed by atoms with Crippen molar-refractivity contribution < 1.29 is 31.5 Å². The van der Waals surface area contributed by atoms with Crippen LogP contribution >= 0.6 is 23.6 Å². The molecular weight excluding hydrogens is 511 g/mol. The third kappa shape index (κ3) is 4.87. The molecular formula is C22H21F5N4O2S2. The molecule has 0 saturated heterocycles. The predicted molar refractivity (Wildman–Crippen MR) is 127 cm³/mol. The minimum absolute atomic E-state index is 0.0982. The molecule has 0 amide bonds. The second kappa shape index (κ2) is 10.3. The fourth-order valence-electron chi connectivity index (χ4n) is 3.63. The Balaban J connectivity index is 1.88. The summed E-state index contributed by atoms with van der Waals surface area (Å²) in [6.07, 6.45) is 0.608. The summed E-state index contributed by atoms with van der Waals surface area (Å²) in [6.45, 7) is 6.21. The Morgan fingerprint density at radius 1 is 1.00 bits per heavy atom. The smallest absolute Gasteiger partial charge is 0.341 e. The van der Waals surface area contributed by atoms with Gasteiger partial charge in [0.2, 0.25) is 5.82 Å². The molecule has 2 N–H and O–H groups in total. The summed E-state index contributed by atoms with van der Waals surface area (Å²) in [6, 6.07) is 0. The lowest BCUT2D eigenvalue weighted by Gasteiger charge is -2.12. The lowest BCUT2D eigenvalue weighted by Crippen LogP contribution is -2.21. The topological polar surface area (TPSA) is 68.2 Å². The molecule has 0 unspecified atom stereocenters. The van der Waals surface area contributed by atoms with Crippen molar-refractivity contribution in [2.45, 2.75) is 40.7 Å². The van der Waals surface area contributed by atoms with Gasteiger partial charge in [0.05, 0.1) is 41.9 Å². The number of thiophene rings is 1. The molecule has 6 nitrogen and oxygen atoms in total. The van der Waals surface area contributed by atoms with Gasteiger partial charge >= 0.3 is 5.97 Å². The first-order valence-electron chi connectivity index (χ1n) is 10.3. The highest BCUT2D eigenvalue weighted by Crippen LogP contribution is 2.34. The number of esters is 1. The van der Waals surface area contributed by atoms with E-state index in [2.05, 4.69) is 15.7 Å². The fraction of sp³-hybridized carbons (Fsp3) is 0.318. The van der Waals surface area contributed by atoms with Gasteiger partial charge in [0.1, 0.15) is 5.00 Å². The van der Waals surface area contributed by atoms with Crippen LogP contribution in [0.1, 0.15) is 44.7 Å². The second-order valence-corrected chi connectivity index (χ2v) is 9.15. The van der Waals surface area contributed by atoms with Crippen LogP contribution in [0.5, 0.6) is 0 Å². The maximum absolute atomic E-state index is 14.1. The summed E-state index contributed by atoms with van der Waals surface area (Å²) in [5.41, 5.74) is 1.26. The molecule has 0 aliphatic rings. The first kappa shape index (κ1) is 26.5. The van der Waals surface area contributed by atoms with E-state index in [0.29, 0.717) is 34.1 Å². The Bertz CT molecular complexity index is 1310. The number of ether oxygens (including phenoxy) is 1. The zero-order chi connectivity index (χ0) is 26.2. The van der Waals surface area contributed by atoms with Crippen LogP contribution in [0.15, 0.2) is 0 Å². The molecule has 0 spiro atoms. The number of anilines is 2. The highest BCUT2D eigenvalue weighted by atomic mass is 32.1. The van der Waals surface area contributed by atoms with Gasteiger partial charge in [-0.2, -0.15) is 5.10 Å². The number of hydrogen-bond donors (Lipinski definition) is 2. The SMILES string of the molecule is CCc1c(C)sc(NC(=S)Nc2c(C)nn(Cc3c(F)c(F)c(F)c(F)c3F)c2C)c1C(=O)OC. The van der Waals surface area contributed by atoms with E-state index >= 15 is 0 Å². The summed E-state index contributed by atoms with van der Waals surface area (Å²) in [5.74, 6) is -10.6. The third-order valence-corrected chi connectivity index (χ3v) is 6.67. The number of nitrogens with one attached hydrogen (secondary N) is 2. The average molecular weight is 533 g/mol. The van der Waals surface area contributed by atoms with Crippen LogP contribution in [0, 0.1) is 49.9 Å². The van der Waals surface area contributed by atoms with Gasteiger partial charge in [-0.1, -0.05) is 6.92 Å². The van der Waals surface area contributed by atoms with Gasteiger partial charge in [-0.25, -0.2) is 26.7 Å². The van der Waals surface area contributed by atoms with Crippen molar-refractivity contribution in [2.24, 2.45) is 0 Å². The molecule has 0 aliphatic carbocycles. The van der Waals surface area contributed by atoms with Crippen molar-refractivity contribution in [1.29, 1.82) is 0 Å². The number of halogens is 5. The van der Waals surface area contributed by atoms with E-state index < -0.39 is 47.2 Å². The van der Waals surface area contributed by atoms with E-state index in [9.17, 15) is 26.7 Å². The molecule has 2 aromatic heterocycles. The fourth-order valence-corrected chi connectivity index (χ4v) is 5.04. The molecule has 2 heterocycles. The predicted octanol–water partition coefficient (Wildman–Crippen LogP) is 5.77. The molecule has 0 aliphatic heterocycles. The number of carbonyl (C=O) groups excluding carboxylic acids is 1. The normalized spacial score (nSPS) is 11.0. The Hall–Kier alpha value is -3.06. The number of aryl methyl sites for hydroxylation is 2. The van der Waals surface area contributed by atoms with Crippen LogP contribution in [-0.4, -0.2) is 28.0 Å². The summed E-state index contributed by atoms with van der Waals surface area (Å²) >= 11 is 6.70. The number of aromatic nitrogens is 2. The van der Waals surface area contributed by atoms with Crippen LogP contribution in [-0.2, 0) is 17.7 Å². The number of thiocarbonyl (C=S) groups is 1. The van der Waals surface area contributed by atoms with Crippen molar-refractivity contribution in [3.63, 3.8) is 0 Å². The first-order chi connectivity index (χ1) is 16.4. The highest BCUT2D eigenvalue weighted by molar-refractivity contribution is 7.80. The molecule has 3 rings (SSSR count). The number of hydrogen-bond acceptors (Lipinski definition) is 5. The summed E-state index contributed by atoms with van der Waals surface area (Å²) < 4.78 is 74.8. The standard InChI is InChI=1S/C22H21F5N4O2S2/c1-6-11-10(4)35-20(13(11)21(32)33-5)29-22(34)28-19-8(2)30-31(9(19)3)7-12-14(23)16(25)18(27)17(26)15(12)24/h6-7H2,1-5H3,(H2,28,29,34). The molecule has 13 heteroatoms. The lowest BCUT2D eigenvalue weighted by atomic mass is 10.1. The van der Waals surface area contributed by atoms with Crippen LogP contribution in [0.25, 0.3) is 0 Å². The third-order valence-electron chi connectivity index (χ3n) is 5.41. The van der Waals surface area contributed by atoms with Crippen LogP contribution in [0.3, 0.4) is 0 Å². The van der Waals surface area contributed by atoms with Crippen molar-refractivity contribution in [2.75, 3.05) is 17.7 Å². The van der Waals surface area contributed by atoms with Gasteiger partial charge in [0.25, 0.3) is 0 Å². The Labute approximate surface area is 207 Å². The molecule has 188 valence electrons. The van der Waals surface area contributed by atoms with E-state index in [1.807, 2.05) is 13.8 Å². The minimum atomic E-state index is -2.22. The van der Waals surface area contributed by atoms with Gasteiger partial charge in [-0.15, -0.1) is 11.3 Å². The summed E-state index contributed by atoms with van der Waals surface area (Å²) in [7, 11) is 1.28. The second-order valence-electron chi connectivity index (χ2n) is 7.52. The molecule has 0 saturated carbocycles.